The van der Waals surface area contributed by atoms with E-state index >= 15 is 0 Å². The smallest absolute Gasteiger partial charge is 0.0763 e. The standard InChI is InChI=1S/C13H21N3/c14-9-11-8-13(10-6-7-10)16(15-11)12-4-2-1-3-5-12/h8,10,12H,1-7,9,14H2. The number of hydrogen-bond acceptors (Lipinski definition) is 2. The molecule has 0 amide bonds. The second-order valence-corrected chi connectivity index (χ2v) is 5.28. The van der Waals surface area contributed by atoms with Gasteiger partial charge in [-0.05, 0) is 31.7 Å². The van der Waals surface area contributed by atoms with E-state index in [1.165, 1.54) is 50.6 Å². The van der Waals surface area contributed by atoms with Gasteiger partial charge in [-0.25, -0.2) is 0 Å². The van der Waals surface area contributed by atoms with E-state index in [4.69, 9.17) is 10.8 Å². The summed E-state index contributed by atoms with van der Waals surface area (Å²) in [6, 6.07) is 2.90. The van der Waals surface area contributed by atoms with Crippen molar-refractivity contribution in [3.63, 3.8) is 0 Å². The molecule has 16 heavy (non-hydrogen) atoms. The first-order chi connectivity index (χ1) is 7.88. The number of rotatable bonds is 3. The normalized spacial score (nSPS) is 22.6. The Kier molecular flexibility index (Phi) is 2.72. The van der Waals surface area contributed by atoms with E-state index in [0.29, 0.717) is 12.6 Å². The van der Waals surface area contributed by atoms with Crippen molar-refractivity contribution in [3.05, 3.63) is 17.5 Å². The first kappa shape index (κ1) is 10.3. The van der Waals surface area contributed by atoms with Gasteiger partial charge < -0.3 is 5.73 Å². The van der Waals surface area contributed by atoms with Gasteiger partial charge in [0, 0.05) is 18.2 Å². The lowest BCUT2D eigenvalue weighted by Gasteiger charge is -2.24. The van der Waals surface area contributed by atoms with Gasteiger partial charge in [-0.2, -0.15) is 5.10 Å². The van der Waals surface area contributed by atoms with Crippen molar-refractivity contribution in [2.75, 3.05) is 0 Å². The molecule has 0 aliphatic heterocycles. The molecule has 2 saturated carbocycles. The Labute approximate surface area is 97.0 Å². The molecule has 0 atom stereocenters. The summed E-state index contributed by atoms with van der Waals surface area (Å²) in [4.78, 5) is 0. The van der Waals surface area contributed by atoms with Gasteiger partial charge in [-0.1, -0.05) is 19.3 Å². The zero-order chi connectivity index (χ0) is 11.0. The molecule has 0 aromatic carbocycles. The van der Waals surface area contributed by atoms with E-state index in [-0.39, 0.29) is 0 Å². The molecule has 1 aromatic heterocycles. The Morgan fingerprint density at radius 3 is 2.56 bits per heavy atom. The Hall–Kier alpha value is -0.830. The molecule has 3 heteroatoms. The van der Waals surface area contributed by atoms with Gasteiger partial charge in [0.25, 0.3) is 0 Å². The first-order valence-electron chi connectivity index (χ1n) is 6.67. The van der Waals surface area contributed by atoms with Crippen molar-refractivity contribution in [2.24, 2.45) is 5.73 Å². The lowest BCUT2D eigenvalue weighted by Crippen LogP contribution is -2.16. The third kappa shape index (κ3) is 1.88. The predicted octanol–water partition coefficient (Wildman–Crippen LogP) is 2.72. The van der Waals surface area contributed by atoms with Crippen molar-refractivity contribution in [2.45, 2.75) is 63.5 Å². The molecule has 1 aromatic rings. The topological polar surface area (TPSA) is 43.8 Å². The van der Waals surface area contributed by atoms with Crippen LogP contribution >= 0.6 is 0 Å². The molecule has 88 valence electrons. The Bertz CT molecular complexity index is 359. The molecular weight excluding hydrogens is 198 g/mol. The molecule has 0 spiro atoms. The molecule has 2 fully saturated rings. The molecule has 2 aliphatic rings. The van der Waals surface area contributed by atoms with Crippen molar-refractivity contribution >= 4 is 0 Å². The van der Waals surface area contributed by atoms with Gasteiger partial charge in [0.2, 0.25) is 0 Å². The van der Waals surface area contributed by atoms with Gasteiger partial charge in [-0.3, -0.25) is 4.68 Å². The van der Waals surface area contributed by atoms with E-state index in [1.54, 1.807) is 0 Å². The molecule has 1 heterocycles. The third-order valence-corrected chi connectivity index (χ3v) is 3.94. The molecule has 0 radical (unpaired) electrons. The van der Waals surface area contributed by atoms with E-state index < -0.39 is 0 Å². The van der Waals surface area contributed by atoms with Crippen molar-refractivity contribution in [1.82, 2.24) is 9.78 Å². The number of nitrogens with zero attached hydrogens (tertiary/aromatic N) is 2. The summed E-state index contributed by atoms with van der Waals surface area (Å²) in [6.45, 7) is 0.583. The van der Waals surface area contributed by atoms with Crippen LogP contribution in [0.1, 0.15) is 68.3 Å². The maximum Gasteiger partial charge on any atom is 0.0763 e. The predicted molar refractivity (Wildman–Crippen MR) is 64.2 cm³/mol. The average Bonchev–Trinajstić information content (AvgIpc) is 3.10. The van der Waals surface area contributed by atoms with Crippen LogP contribution in [0.2, 0.25) is 0 Å². The summed E-state index contributed by atoms with van der Waals surface area (Å²) in [6.07, 6.45) is 9.46. The van der Waals surface area contributed by atoms with Crippen molar-refractivity contribution in [3.8, 4) is 0 Å². The number of nitrogens with two attached hydrogens (primary N) is 1. The lowest BCUT2D eigenvalue weighted by molar-refractivity contribution is 0.321. The van der Waals surface area contributed by atoms with Gasteiger partial charge in [-0.15, -0.1) is 0 Å². The van der Waals surface area contributed by atoms with Crippen LogP contribution in [0, 0.1) is 0 Å². The van der Waals surface area contributed by atoms with E-state index in [0.717, 1.165) is 11.6 Å². The molecule has 0 saturated heterocycles. The Morgan fingerprint density at radius 2 is 1.94 bits per heavy atom. The monoisotopic (exact) mass is 219 g/mol. The molecule has 2 aliphatic carbocycles. The quantitative estimate of drug-likeness (QED) is 0.849. The van der Waals surface area contributed by atoms with E-state index in [1.807, 2.05) is 0 Å². The first-order valence-corrected chi connectivity index (χ1v) is 6.67. The fourth-order valence-electron chi connectivity index (χ4n) is 2.86. The summed E-state index contributed by atoms with van der Waals surface area (Å²) in [7, 11) is 0. The van der Waals surface area contributed by atoms with Gasteiger partial charge >= 0.3 is 0 Å². The van der Waals surface area contributed by atoms with Crippen molar-refractivity contribution in [1.29, 1.82) is 0 Å². The van der Waals surface area contributed by atoms with Gasteiger partial charge in [0.15, 0.2) is 0 Å². The summed E-state index contributed by atoms with van der Waals surface area (Å²) in [5.41, 5.74) is 8.25. The van der Waals surface area contributed by atoms with E-state index in [2.05, 4.69) is 10.7 Å². The zero-order valence-electron chi connectivity index (χ0n) is 9.86. The third-order valence-electron chi connectivity index (χ3n) is 3.94. The van der Waals surface area contributed by atoms with Crippen LogP contribution in [0.25, 0.3) is 0 Å². The minimum Gasteiger partial charge on any atom is -0.325 e. The highest BCUT2D eigenvalue weighted by molar-refractivity contribution is 5.20. The molecule has 0 bridgehead atoms. The van der Waals surface area contributed by atoms with E-state index in [9.17, 15) is 0 Å². The summed E-state index contributed by atoms with van der Waals surface area (Å²) >= 11 is 0. The van der Waals surface area contributed by atoms with Crippen LogP contribution < -0.4 is 5.73 Å². The number of aromatic nitrogens is 2. The zero-order valence-corrected chi connectivity index (χ0v) is 9.86. The van der Waals surface area contributed by atoms with Gasteiger partial charge in [0.1, 0.15) is 0 Å². The second kappa shape index (κ2) is 4.21. The van der Waals surface area contributed by atoms with Crippen LogP contribution in [0.4, 0.5) is 0 Å². The second-order valence-electron chi connectivity index (χ2n) is 5.28. The Balaban J connectivity index is 1.87. The highest BCUT2D eigenvalue weighted by Gasteiger charge is 2.30. The van der Waals surface area contributed by atoms with Gasteiger partial charge in [0.05, 0.1) is 11.7 Å². The molecule has 0 unspecified atom stereocenters. The van der Waals surface area contributed by atoms with Crippen molar-refractivity contribution < 1.29 is 0 Å². The molecule has 2 N–H and O–H groups in total. The summed E-state index contributed by atoms with van der Waals surface area (Å²) in [5, 5.41) is 4.71. The average molecular weight is 219 g/mol. The van der Waals surface area contributed by atoms with Crippen LogP contribution in [0.15, 0.2) is 6.07 Å². The van der Waals surface area contributed by atoms with Crippen LogP contribution in [0.3, 0.4) is 0 Å². The minimum absolute atomic E-state index is 0.583. The molecular formula is C13H21N3. The summed E-state index contributed by atoms with van der Waals surface area (Å²) < 4.78 is 2.32. The number of hydrogen-bond donors (Lipinski definition) is 1. The van der Waals surface area contributed by atoms with Crippen LogP contribution in [0.5, 0.6) is 0 Å². The lowest BCUT2D eigenvalue weighted by atomic mass is 9.95. The fraction of sp³-hybridized carbons (Fsp3) is 0.769. The fourth-order valence-corrected chi connectivity index (χ4v) is 2.86. The highest BCUT2D eigenvalue weighted by Crippen LogP contribution is 2.42. The summed E-state index contributed by atoms with van der Waals surface area (Å²) in [5.74, 6) is 0.787. The highest BCUT2D eigenvalue weighted by atomic mass is 15.3. The molecule has 3 rings (SSSR count). The Morgan fingerprint density at radius 1 is 1.19 bits per heavy atom. The minimum atomic E-state index is 0.583. The largest absolute Gasteiger partial charge is 0.325 e. The SMILES string of the molecule is NCc1cc(C2CC2)n(C2CCCCC2)n1. The maximum absolute atomic E-state index is 5.71. The maximum atomic E-state index is 5.71. The molecule has 3 nitrogen and oxygen atoms in total. The van der Waals surface area contributed by atoms with Crippen LogP contribution in [-0.2, 0) is 6.54 Å². The van der Waals surface area contributed by atoms with Crippen LogP contribution in [-0.4, -0.2) is 9.78 Å².